The predicted molar refractivity (Wildman–Crippen MR) is 83.0 cm³/mol. The highest BCUT2D eigenvalue weighted by Crippen LogP contribution is 2.20. The van der Waals surface area contributed by atoms with Crippen molar-refractivity contribution in [2.24, 2.45) is 0 Å². The van der Waals surface area contributed by atoms with Gasteiger partial charge in [-0.25, -0.2) is 0 Å². The first-order chi connectivity index (χ1) is 9.61. The summed E-state index contributed by atoms with van der Waals surface area (Å²) < 4.78 is 1.76. The number of aromatic nitrogens is 1. The van der Waals surface area contributed by atoms with Crippen LogP contribution in [0.2, 0.25) is 0 Å². The van der Waals surface area contributed by atoms with Crippen LogP contribution >= 0.6 is 0 Å². The molecule has 1 heterocycles. The van der Waals surface area contributed by atoms with Gasteiger partial charge in [-0.3, -0.25) is 4.79 Å². The lowest BCUT2D eigenvalue weighted by Crippen LogP contribution is -2.30. The largest absolute Gasteiger partial charge is 0.314 e. The summed E-state index contributed by atoms with van der Waals surface area (Å²) in [6.07, 6.45) is 1.85. The Labute approximate surface area is 120 Å². The van der Waals surface area contributed by atoms with Gasteiger partial charge in [-0.2, -0.15) is 0 Å². The van der Waals surface area contributed by atoms with E-state index in [0.717, 1.165) is 6.54 Å². The Morgan fingerprint density at radius 1 is 1.20 bits per heavy atom. The SMILES string of the molecule is CCNC(Cn1ccccc1=O)c1cc(C)ccc1C. The van der Waals surface area contributed by atoms with Crippen LogP contribution in [0.3, 0.4) is 0 Å². The molecule has 3 heteroatoms. The van der Waals surface area contributed by atoms with Gasteiger partial charge in [0.15, 0.2) is 0 Å². The molecular weight excluding hydrogens is 248 g/mol. The molecule has 0 spiro atoms. The number of hydrogen-bond donors (Lipinski definition) is 1. The molecule has 2 aromatic rings. The molecule has 1 N–H and O–H groups in total. The molecule has 0 fully saturated rings. The highest BCUT2D eigenvalue weighted by atomic mass is 16.1. The molecule has 0 aliphatic heterocycles. The van der Waals surface area contributed by atoms with E-state index in [2.05, 4.69) is 44.3 Å². The van der Waals surface area contributed by atoms with E-state index in [1.54, 1.807) is 16.7 Å². The standard InChI is InChI=1S/C17H22N2O/c1-4-18-16(12-19-10-6-5-7-17(19)20)15-11-13(2)8-9-14(15)3/h5-11,16,18H,4,12H2,1-3H3. The van der Waals surface area contributed by atoms with E-state index in [0.29, 0.717) is 6.54 Å². The van der Waals surface area contributed by atoms with Crippen molar-refractivity contribution in [3.05, 3.63) is 69.6 Å². The second-order valence-electron chi connectivity index (χ2n) is 5.16. The summed E-state index contributed by atoms with van der Waals surface area (Å²) in [6, 6.07) is 11.9. The van der Waals surface area contributed by atoms with Crippen molar-refractivity contribution in [3.63, 3.8) is 0 Å². The molecule has 106 valence electrons. The van der Waals surface area contributed by atoms with Crippen LogP contribution in [0, 0.1) is 13.8 Å². The minimum Gasteiger partial charge on any atom is -0.314 e. The van der Waals surface area contributed by atoms with Crippen molar-refractivity contribution in [2.75, 3.05) is 6.54 Å². The van der Waals surface area contributed by atoms with Crippen LogP contribution in [-0.2, 0) is 6.54 Å². The summed E-state index contributed by atoms with van der Waals surface area (Å²) in [7, 11) is 0. The van der Waals surface area contributed by atoms with Crippen LogP contribution in [0.4, 0.5) is 0 Å². The minimum absolute atomic E-state index is 0.0423. The lowest BCUT2D eigenvalue weighted by Gasteiger charge is -2.22. The first kappa shape index (κ1) is 14.5. The maximum absolute atomic E-state index is 11.9. The number of hydrogen-bond acceptors (Lipinski definition) is 2. The Hall–Kier alpha value is -1.87. The molecule has 1 aromatic heterocycles. The average molecular weight is 270 g/mol. The molecule has 1 aromatic carbocycles. The van der Waals surface area contributed by atoms with Gasteiger partial charge in [-0.1, -0.05) is 36.8 Å². The Morgan fingerprint density at radius 3 is 2.70 bits per heavy atom. The summed E-state index contributed by atoms with van der Waals surface area (Å²) in [5.41, 5.74) is 3.81. The zero-order valence-corrected chi connectivity index (χ0v) is 12.4. The molecule has 20 heavy (non-hydrogen) atoms. The van der Waals surface area contributed by atoms with Crippen molar-refractivity contribution in [2.45, 2.75) is 33.4 Å². The minimum atomic E-state index is 0.0423. The molecule has 0 saturated carbocycles. The van der Waals surface area contributed by atoms with Crippen LogP contribution in [0.5, 0.6) is 0 Å². The monoisotopic (exact) mass is 270 g/mol. The second kappa shape index (κ2) is 6.53. The molecular formula is C17H22N2O. The number of likely N-dealkylation sites (N-methyl/N-ethyl adjacent to an activating group) is 1. The van der Waals surface area contributed by atoms with Crippen LogP contribution in [-0.4, -0.2) is 11.1 Å². The van der Waals surface area contributed by atoms with E-state index in [9.17, 15) is 4.79 Å². The fraction of sp³-hybridized carbons (Fsp3) is 0.353. The van der Waals surface area contributed by atoms with E-state index >= 15 is 0 Å². The number of nitrogens with zero attached hydrogens (tertiary/aromatic N) is 1. The Kier molecular flexibility index (Phi) is 4.74. The number of nitrogens with one attached hydrogen (secondary N) is 1. The molecule has 1 atom stereocenters. The van der Waals surface area contributed by atoms with Gasteiger partial charge in [0.25, 0.3) is 5.56 Å². The van der Waals surface area contributed by atoms with E-state index in [-0.39, 0.29) is 11.6 Å². The highest BCUT2D eigenvalue weighted by molar-refractivity contribution is 5.33. The van der Waals surface area contributed by atoms with Gasteiger partial charge in [0.05, 0.1) is 6.04 Å². The van der Waals surface area contributed by atoms with Gasteiger partial charge < -0.3 is 9.88 Å². The summed E-state index contributed by atoms with van der Waals surface area (Å²) in [6.45, 7) is 7.83. The zero-order valence-electron chi connectivity index (χ0n) is 12.4. The Bertz CT molecular complexity index is 631. The molecule has 0 bridgehead atoms. The Morgan fingerprint density at radius 2 is 2.00 bits per heavy atom. The molecule has 0 amide bonds. The summed E-state index contributed by atoms with van der Waals surface area (Å²) in [5.74, 6) is 0. The second-order valence-corrected chi connectivity index (χ2v) is 5.16. The fourth-order valence-corrected chi connectivity index (χ4v) is 2.46. The summed E-state index contributed by atoms with van der Waals surface area (Å²) in [4.78, 5) is 11.9. The van der Waals surface area contributed by atoms with Gasteiger partial charge in [0, 0.05) is 18.8 Å². The topological polar surface area (TPSA) is 34.0 Å². The molecule has 0 saturated heterocycles. The van der Waals surface area contributed by atoms with Gasteiger partial charge in [-0.05, 0) is 37.6 Å². The van der Waals surface area contributed by atoms with Crippen molar-refractivity contribution >= 4 is 0 Å². The van der Waals surface area contributed by atoms with Crippen LogP contribution in [0.1, 0.15) is 29.7 Å². The fourth-order valence-electron chi connectivity index (χ4n) is 2.46. The first-order valence-electron chi connectivity index (χ1n) is 7.08. The van der Waals surface area contributed by atoms with E-state index in [1.165, 1.54) is 16.7 Å². The number of pyridine rings is 1. The zero-order chi connectivity index (χ0) is 14.5. The number of aryl methyl sites for hydroxylation is 2. The van der Waals surface area contributed by atoms with E-state index < -0.39 is 0 Å². The van der Waals surface area contributed by atoms with E-state index in [1.807, 2.05) is 12.3 Å². The molecule has 2 rings (SSSR count). The van der Waals surface area contributed by atoms with Crippen LogP contribution in [0.15, 0.2) is 47.4 Å². The third-order valence-electron chi connectivity index (χ3n) is 3.54. The smallest absolute Gasteiger partial charge is 0.250 e. The van der Waals surface area contributed by atoms with Gasteiger partial charge in [-0.15, -0.1) is 0 Å². The van der Waals surface area contributed by atoms with Crippen molar-refractivity contribution in [1.29, 1.82) is 0 Å². The quantitative estimate of drug-likeness (QED) is 0.906. The molecule has 0 aliphatic rings. The molecule has 3 nitrogen and oxygen atoms in total. The van der Waals surface area contributed by atoms with Gasteiger partial charge in [0.1, 0.15) is 0 Å². The van der Waals surface area contributed by atoms with E-state index in [4.69, 9.17) is 0 Å². The first-order valence-corrected chi connectivity index (χ1v) is 7.08. The Balaban J connectivity index is 2.34. The summed E-state index contributed by atoms with van der Waals surface area (Å²) in [5, 5.41) is 3.48. The molecule has 0 radical (unpaired) electrons. The summed E-state index contributed by atoms with van der Waals surface area (Å²) >= 11 is 0. The normalized spacial score (nSPS) is 12.3. The van der Waals surface area contributed by atoms with Crippen molar-refractivity contribution in [1.82, 2.24) is 9.88 Å². The molecule has 1 unspecified atom stereocenters. The third-order valence-corrected chi connectivity index (χ3v) is 3.54. The number of rotatable bonds is 5. The van der Waals surface area contributed by atoms with Crippen molar-refractivity contribution in [3.8, 4) is 0 Å². The maximum Gasteiger partial charge on any atom is 0.250 e. The number of benzene rings is 1. The average Bonchev–Trinajstić information content (AvgIpc) is 2.43. The van der Waals surface area contributed by atoms with Gasteiger partial charge >= 0.3 is 0 Å². The van der Waals surface area contributed by atoms with Crippen LogP contribution in [0.25, 0.3) is 0 Å². The lowest BCUT2D eigenvalue weighted by atomic mass is 9.98. The van der Waals surface area contributed by atoms with Crippen LogP contribution < -0.4 is 10.9 Å². The highest BCUT2D eigenvalue weighted by Gasteiger charge is 2.14. The molecule has 0 aliphatic carbocycles. The van der Waals surface area contributed by atoms with Gasteiger partial charge in [0.2, 0.25) is 0 Å². The maximum atomic E-state index is 11.9. The lowest BCUT2D eigenvalue weighted by molar-refractivity contribution is 0.465. The third kappa shape index (κ3) is 3.36. The van der Waals surface area contributed by atoms with Crippen molar-refractivity contribution < 1.29 is 0 Å². The predicted octanol–water partition coefficient (Wildman–Crippen LogP) is 2.82.